The number of unbranched alkanes of at least 4 members (excludes halogenated alkanes) is 1. The number of methoxy groups -OCH3 is 1. The lowest BCUT2D eigenvalue weighted by Crippen LogP contribution is -2.39. The van der Waals surface area contributed by atoms with Crippen molar-refractivity contribution in [3.05, 3.63) is 35.9 Å². The molecule has 1 heterocycles. The first-order valence-corrected chi connectivity index (χ1v) is 9.09. The summed E-state index contributed by atoms with van der Waals surface area (Å²) in [5.74, 6) is -0.932. The summed E-state index contributed by atoms with van der Waals surface area (Å²) in [6.45, 7) is 3.68. The molecule has 1 aromatic rings. The maximum Gasteiger partial charge on any atom is 0.318 e. The van der Waals surface area contributed by atoms with E-state index in [0.717, 1.165) is 45.2 Å². The van der Waals surface area contributed by atoms with Crippen molar-refractivity contribution in [3.8, 4) is 0 Å². The van der Waals surface area contributed by atoms with E-state index in [0.29, 0.717) is 6.42 Å². The Bertz CT molecular complexity index is 523. The van der Waals surface area contributed by atoms with E-state index in [1.807, 2.05) is 23.1 Å². The Labute approximate surface area is 145 Å². The second kappa shape index (κ2) is 9.45. The Morgan fingerprint density at radius 3 is 2.42 bits per heavy atom. The van der Waals surface area contributed by atoms with Crippen LogP contribution in [-0.4, -0.2) is 37.0 Å². The molecule has 4 nitrogen and oxygen atoms in total. The topological polar surface area (TPSA) is 46.6 Å². The molecule has 0 aliphatic carbocycles. The number of carbonyl (C=O) groups excluding carboxylic acids is 2. The molecule has 1 aliphatic rings. The first kappa shape index (κ1) is 18.5. The van der Waals surface area contributed by atoms with Gasteiger partial charge >= 0.3 is 5.97 Å². The predicted molar refractivity (Wildman–Crippen MR) is 94.6 cm³/mol. The molecule has 2 atom stereocenters. The monoisotopic (exact) mass is 331 g/mol. The third kappa shape index (κ3) is 4.83. The molecule has 4 heteroatoms. The summed E-state index contributed by atoms with van der Waals surface area (Å²) in [6, 6.07) is 10.2. The van der Waals surface area contributed by atoms with Crippen molar-refractivity contribution in [2.24, 2.45) is 5.92 Å². The lowest BCUT2D eigenvalue weighted by atomic mass is 9.84. The summed E-state index contributed by atoms with van der Waals surface area (Å²) in [5.41, 5.74) is 1.20. The normalized spacial score (nSPS) is 16.7. The smallest absolute Gasteiger partial charge is 0.318 e. The summed E-state index contributed by atoms with van der Waals surface area (Å²) in [5, 5.41) is 0. The lowest BCUT2D eigenvalue weighted by molar-refractivity contribution is -0.153. The van der Waals surface area contributed by atoms with Crippen LogP contribution in [0.3, 0.4) is 0 Å². The molecule has 2 rings (SSSR count). The average molecular weight is 331 g/mol. The Morgan fingerprint density at radius 2 is 1.83 bits per heavy atom. The van der Waals surface area contributed by atoms with Crippen LogP contribution in [0.2, 0.25) is 0 Å². The van der Waals surface area contributed by atoms with Crippen LogP contribution in [0.5, 0.6) is 0 Å². The Balaban J connectivity index is 2.16. The molecular formula is C20H29NO3. The van der Waals surface area contributed by atoms with Crippen molar-refractivity contribution >= 4 is 11.9 Å². The number of ether oxygens (including phenoxy) is 1. The molecule has 0 N–H and O–H groups in total. The van der Waals surface area contributed by atoms with Gasteiger partial charge in [0.2, 0.25) is 5.91 Å². The summed E-state index contributed by atoms with van der Waals surface area (Å²) in [4.78, 5) is 26.9. The standard InChI is InChI=1S/C20H29NO3/c1-3-4-10-17(16-11-6-5-7-12-16)15-18(20(23)24-2)19(22)21-13-8-9-14-21/h5-7,11-12,17-18H,3-4,8-10,13-15H2,1-2H3/t17-,18?/m0/s1. The van der Waals surface area contributed by atoms with Crippen molar-refractivity contribution in [1.82, 2.24) is 4.90 Å². The van der Waals surface area contributed by atoms with Gasteiger partial charge in [0.25, 0.3) is 0 Å². The Hall–Kier alpha value is -1.84. The van der Waals surface area contributed by atoms with Gasteiger partial charge in [-0.05, 0) is 37.2 Å². The molecule has 1 saturated heterocycles. The summed E-state index contributed by atoms with van der Waals surface area (Å²) in [6.07, 6.45) is 5.76. The highest BCUT2D eigenvalue weighted by Gasteiger charge is 2.35. The van der Waals surface area contributed by atoms with Gasteiger partial charge in [-0.1, -0.05) is 50.1 Å². The number of hydrogen-bond acceptors (Lipinski definition) is 3. The molecule has 1 unspecified atom stereocenters. The molecule has 132 valence electrons. The van der Waals surface area contributed by atoms with Crippen molar-refractivity contribution in [3.63, 3.8) is 0 Å². The summed E-state index contributed by atoms with van der Waals surface area (Å²) in [7, 11) is 1.37. The van der Waals surface area contributed by atoms with E-state index in [9.17, 15) is 9.59 Å². The number of amides is 1. The first-order chi connectivity index (χ1) is 11.7. The maximum atomic E-state index is 12.8. The second-order valence-corrected chi connectivity index (χ2v) is 6.59. The van der Waals surface area contributed by atoms with E-state index in [4.69, 9.17) is 4.74 Å². The van der Waals surface area contributed by atoms with E-state index >= 15 is 0 Å². The van der Waals surface area contributed by atoms with E-state index in [1.54, 1.807) is 0 Å². The quantitative estimate of drug-likeness (QED) is 0.538. The van der Waals surface area contributed by atoms with Crippen LogP contribution < -0.4 is 0 Å². The van der Waals surface area contributed by atoms with Crippen LogP contribution in [0.1, 0.15) is 56.9 Å². The number of esters is 1. The molecule has 0 aromatic heterocycles. The number of benzene rings is 1. The molecule has 1 aromatic carbocycles. The third-order valence-electron chi connectivity index (χ3n) is 4.90. The van der Waals surface area contributed by atoms with Crippen LogP contribution in [0, 0.1) is 5.92 Å². The van der Waals surface area contributed by atoms with Gasteiger partial charge in [-0.3, -0.25) is 9.59 Å². The molecule has 0 bridgehead atoms. The van der Waals surface area contributed by atoms with Gasteiger partial charge in [0.05, 0.1) is 7.11 Å². The Kier molecular flexibility index (Phi) is 7.29. The van der Waals surface area contributed by atoms with Crippen LogP contribution in [0.15, 0.2) is 30.3 Å². The molecule has 1 amide bonds. The van der Waals surface area contributed by atoms with Crippen molar-refractivity contribution in [2.75, 3.05) is 20.2 Å². The van der Waals surface area contributed by atoms with E-state index in [-0.39, 0.29) is 11.8 Å². The molecular weight excluding hydrogens is 302 g/mol. The number of likely N-dealkylation sites (tertiary alicyclic amines) is 1. The minimum Gasteiger partial charge on any atom is -0.468 e. The van der Waals surface area contributed by atoms with Gasteiger partial charge in [-0.25, -0.2) is 0 Å². The highest BCUT2D eigenvalue weighted by atomic mass is 16.5. The van der Waals surface area contributed by atoms with E-state index in [2.05, 4.69) is 19.1 Å². The zero-order chi connectivity index (χ0) is 17.4. The van der Waals surface area contributed by atoms with Crippen molar-refractivity contribution in [2.45, 2.75) is 51.4 Å². The van der Waals surface area contributed by atoms with Crippen LogP contribution in [-0.2, 0) is 14.3 Å². The van der Waals surface area contributed by atoms with Crippen LogP contribution >= 0.6 is 0 Å². The van der Waals surface area contributed by atoms with Gasteiger partial charge in [-0.15, -0.1) is 0 Å². The minimum absolute atomic E-state index is 0.0585. The number of carbonyl (C=O) groups is 2. The zero-order valence-corrected chi connectivity index (χ0v) is 14.9. The van der Waals surface area contributed by atoms with Crippen LogP contribution in [0.25, 0.3) is 0 Å². The molecule has 0 saturated carbocycles. The minimum atomic E-state index is -0.685. The fraction of sp³-hybridized carbons (Fsp3) is 0.600. The number of nitrogens with zero attached hydrogens (tertiary/aromatic N) is 1. The Morgan fingerprint density at radius 1 is 1.17 bits per heavy atom. The van der Waals surface area contributed by atoms with Crippen molar-refractivity contribution < 1.29 is 14.3 Å². The van der Waals surface area contributed by atoms with Gasteiger partial charge in [-0.2, -0.15) is 0 Å². The second-order valence-electron chi connectivity index (χ2n) is 6.59. The van der Waals surface area contributed by atoms with Crippen molar-refractivity contribution in [1.29, 1.82) is 0 Å². The van der Waals surface area contributed by atoms with Gasteiger partial charge in [0, 0.05) is 13.1 Å². The fourth-order valence-corrected chi connectivity index (χ4v) is 3.48. The third-order valence-corrected chi connectivity index (χ3v) is 4.90. The molecule has 24 heavy (non-hydrogen) atoms. The number of rotatable bonds is 8. The molecule has 1 aliphatic heterocycles. The van der Waals surface area contributed by atoms with Gasteiger partial charge in [0.15, 0.2) is 0 Å². The molecule has 0 spiro atoms. The van der Waals surface area contributed by atoms with Gasteiger partial charge < -0.3 is 9.64 Å². The SMILES string of the molecule is CCCC[C@@H](CC(C(=O)OC)C(=O)N1CCCC1)c1ccccc1. The number of hydrogen-bond donors (Lipinski definition) is 0. The average Bonchev–Trinajstić information content (AvgIpc) is 3.16. The van der Waals surface area contributed by atoms with Gasteiger partial charge in [0.1, 0.15) is 5.92 Å². The van der Waals surface area contributed by atoms with Crippen LogP contribution in [0.4, 0.5) is 0 Å². The molecule has 0 radical (unpaired) electrons. The predicted octanol–water partition coefficient (Wildman–Crippen LogP) is 3.76. The highest BCUT2D eigenvalue weighted by Crippen LogP contribution is 2.31. The summed E-state index contributed by atoms with van der Waals surface area (Å²) >= 11 is 0. The maximum absolute atomic E-state index is 12.8. The molecule has 1 fully saturated rings. The lowest BCUT2D eigenvalue weighted by Gasteiger charge is -2.25. The highest BCUT2D eigenvalue weighted by molar-refractivity contribution is 5.97. The van der Waals surface area contributed by atoms with E-state index < -0.39 is 11.9 Å². The largest absolute Gasteiger partial charge is 0.468 e. The summed E-state index contributed by atoms with van der Waals surface area (Å²) < 4.78 is 4.95. The fourth-order valence-electron chi connectivity index (χ4n) is 3.48. The van der Waals surface area contributed by atoms with E-state index in [1.165, 1.54) is 12.7 Å². The zero-order valence-electron chi connectivity index (χ0n) is 14.9. The first-order valence-electron chi connectivity index (χ1n) is 9.09.